The highest BCUT2D eigenvalue weighted by Gasteiger charge is 2.10. The maximum atomic E-state index is 11.0. The van der Waals surface area contributed by atoms with Crippen molar-refractivity contribution in [3.05, 3.63) is 71.3 Å². The molecule has 0 saturated heterocycles. The highest BCUT2D eigenvalue weighted by Crippen LogP contribution is 2.13. The van der Waals surface area contributed by atoms with Crippen LogP contribution in [0.1, 0.15) is 34.0 Å². The van der Waals surface area contributed by atoms with Crippen molar-refractivity contribution in [3.8, 4) is 0 Å². The first-order chi connectivity index (χ1) is 11.1. The standard InChI is InChI=1S/C19H24N2O2/c1-21(14-18(22)16-7-3-2-4-8-16)13-5-6-15-9-11-17(12-10-15)19(20)23/h2-4,7-12,18,22H,5-6,13-14H2,1H3,(H2,20,23)/t18-/m0/s1. The normalized spacial score (nSPS) is 12.3. The largest absolute Gasteiger partial charge is 0.387 e. The van der Waals surface area contributed by atoms with Gasteiger partial charge in [-0.15, -0.1) is 0 Å². The lowest BCUT2D eigenvalue weighted by molar-refractivity contribution is 0.1000. The number of nitrogens with zero attached hydrogens (tertiary/aromatic N) is 1. The van der Waals surface area contributed by atoms with E-state index in [1.165, 1.54) is 5.56 Å². The van der Waals surface area contributed by atoms with E-state index >= 15 is 0 Å². The van der Waals surface area contributed by atoms with Crippen molar-refractivity contribution in [2.75, 3.05) is 20.1 Å². The summed E-state index contributed by atoms with van der Waals surface area (Å²) in [7, 11) is 2.02. The predicted octanol–water partition coefficient (Wildman–Crippen LogP) is 2.38. The lowest BCUT2D eigenvalue weighted by Gasteiger charge is -2.20. The fourth-order valence-corrected chi connectivity index (χ4v) is 2.56. The predicted molar refractivity (Wildman–Crippen MR) is 92.2 cm³/mol. The Morgan fingerprint density at radius 2 is 1.78 bits per heavy atom. The van der Waals surface area contributed by atoms with Crippen molar-refractivity contribution in [1.82, 2.24) is 4.90 Å². The Balaban J connectivity index is 1.74. The summed E-state index contributed by atoms with van der Waals surface area (Å²) in [6.07, 6.45) is 1.47. The second-order valence-electron chi connectivity index (χ2n) is 5.85. The second-order valence-corrected chi connectivity index (χ2v) is 5.85. The number of rotatable bonds is 8. The van der Waals surface area contributed by atoms with Gasteiger partial charge in [-0.3, -0.25) is 4.79 Å². The molecule has 0 aliphatic rings. The molecule has 122 valence electrons. The van der Waals surface area contributed by atoms with Crippen LogP contribution in [0, 0.1) is 0 Å². The maximum absolute atomic E-state index is 11.0. The van der Waals surface area contributed by atoms with Crippen LogP contribution in [-0.4, -0.2) is 36.1 Å². The highest BCUT2D eigenvalue weighted by molar-refractivity contribution is 5.92. The molecule has 3 N–H and O–H groups in total. The number of benzene rings is 2. The van der Waals surface area contributed by atoms with Crippen molar-refractivity contribution < 1.29 is 9.90 Å². The van der Waals surface area contributed by atoms with E-state index in [1.807, 2.05) is 49.5 Å². The zero-order valence-electron chi connectivity index (χ0n) is 13.5. The van der Waals surface area contributed by atoms with Gasteiger partial charge in [0.2, 0.25) is 5.91 Å². The number of aliphatic hydroxyl groups is 1. The fourth-order valence-electron chi connectivity index (χ4n) is 2.56. The summed E-state index contributed by atoms with van der Waals surface area (Å²) in [4.78, 5) is 13.2. The van der Waals surface area contributed by atoms with Crippen LogP contribution in [0.3, 0.4) is 0 Å². The van der Waals surface area contributed by atoms with E-state index in [0.29, 0.717) is 12.1 Å². The summed E-state index contributed by atoms with van der Waals surface area (Å²) >= 11 is 0. The number of nitrogens with two attached hydrogens (primary N) is 1. The molecule has 0 saturated carbocycles. The molecule has 0 aromatic heterocycles. The molecule has 0 aliphatic heterocycles. The molecule has 2 aromatic rings. The molecule has 1 atom stereocenters. The average Bonchev–Trinajstić information content (AvgIpc) is 2.56. The lowest BCUT2D eigenvalue weighted by atomic mass is 10.1. The molecule has 2 aromatic carbocycles. The van der Waals surface area contributed by atoms with Crippen LogP contribution < -0.4 is 5.73 Å². The van der Waals surface area contributed by atoms with Crippen LogP contribution in [0.5, 0.6) is 0 Å². The first-order valence-corrected chi connectivity index (χ1v) is 7.86. The molecular formula is C19H24N2O2. The van der Waals surface area contributed by atoms with E-state index in [-0.39, 0.29) is 0 Å². The molecule has 0 spiro atoms. The summed E-state index contributed by atoms with van der Waals surface area (Å²) in [6, 6.07) is 17.1. The second kappa shape index (κ2) is 8.46. The zero-order valence-corrected chi connectivity index (χ0v) is 13.5. The molecule has 2 rings (SSSR count). The van der Waals surface area contributed by atoms with Crippen LogP contribution in [0.4, 0.5) is 0 Å². The van der Waals surface area contributed by atoms with Crippen molar-refractivity contribution in [3.63, 3.8) is 0 Å². The summed E-state index contributed by atoms with van der Waals surface area (Å²) < 4.78 is 0. The number of carbonyl (C=O) groups is 1. The number of carbonyl (C=O) groups excluding carboxylic acids is 1. The Kier molecular flexibility index (Phi) is 6.32. The first-order valence-electron chi connectivity index (χ1n) is 7.86. The van der Waals surface area contributed by atoms with Gasteiger partial charge in [-0.2, -0.15) is 0 Å². The number of amides is 1. The van der Waals surface area contributed by atoms with Gasteiger partial charge in [-0.1, -0.05) is 42.5 Å². The number of aryl methyl sites for hydroxylation is 1. The Labute approximate surface area is 137 Å². The van der Waals surface area contributed by atoms with Crippen LogP contribution in [0.15, 0.2) is 54.6 Å². The van der Waals surface area contributed by atoms with E-state index in [4.69, 9.17) is 5.73 Å². The van der Waals surface area contributed by atoms with Crippen LogP contribution in [0.2, 0.25) is 0 Å². The lowest BCUT2D eigenvalue weighted by Crippen LogP contribution is -2.26. The van der Waals surface area contributed by atoms with Crippen molar-refractivity contribution in [2.45, 2.75) is 18.9 Å². The average molecular weight is 312 g/mol. The van der Waals surface area contributed by atoms with Gasteiger partial charge in [-0.25, -0.2) is 0 Å². The van der Waals surface area contributed by atoms with Gasteiger partial charge in [0.1, 0.15) is 0 Å². The fraction of sp³-hybridized carbons (Fsp3) is 0.316. The topological polar surface area (TPSA) is 66.6 Å². The van der Waals surface area contributed by atoms with Crippen LogP contribution >= 0.6 is 0 Å². The quantitative estimate of drug-likeness (QED) is 0.786. The van der Waals surface area contributed by atoms with Gasteiger partial charge >= 0.3 is 0 Å². The van der Waals surface area contributed by atoms with Gasteiger partial charge in [0.25, 0.3) is 0 Å². The minimum absolute atomic E-state index is 0.397. The monoisotopic (exact) mass is 312 g/mol. The van der Waals surface area contributed by atoms with Gasteiger partial charge in [-0.05, 0) is 49.7 Å². The van der Waals surface area contributed by atoms with Crippen molar-refractivity contribution >= 4 is 5.91 Å². The van der Waals surface area contributed by atoms with Crippen molar-refractivity contribution in [2.24, 2.45) is 5.73 Å². The van der Waals surface area contributed by atoms with E-state index in [1.54, 1.807) is 12.1 Å². The number of primary amides is 1. The number of hydrogen-bond acceptors (Lipinski definition) is 3. The molecular weight excluding hydrogens is 288 g/mol. The third-order valence-corrected chi connectivity index (χ3v) is 3.91. The van der Waals surface area contributed by atoms with E-state index in [0.717, 1.165) is 24.9 Å². The summed E-state index contributed by atoms with van der Waals surface area (Å²) in [5, 5.41) is 10.2. The molecule has 1 amide bonds. The Morgan fingerprint density at radius 1 is 1.13 bits per heavy atom. The molecule has 4 heteroatoms. The van der Waals surface area contributed by atoms with Gasteiger partial charge in [0.15, 0.2) is 0 Å². The van der Waals surface area contributed by atoms with Gasteiger partial charge < -0.3 is 15.7 Å². The number of likely N-dealkylation sites (N-methyl/N-ethyl adjacent to an activating group) is 1. The minimum Gasteiger partial charge on any atom is -0.387 e. The Hall–Kier alpha value is -2.17. The number of aliphatic hydroxyl groups excluding tert-OH is 1. The molecule has 23 heavy (non-hydrogen) atoms. The zero-order chi connectivity index (χ0) is 16.7. The molecule has 0 bridgehead atoms. The van der Waals surface area contributed by atoms with E-state index < -0.39 is 12.0 Å². The smallest absolute Gasteiger partial charge is 0.248 e. The molecule has 0 heterocycles. The molecule has 0 unspecified atom stereocenters. The molecule has 4 nitrogen and oxygen atoms in total. The van der Waals surface area contributed by atoms with E-state index in [2.05, 4.69) is 4.90 Å². The summed E-state index contributed by atoms with van der Waals surface area (Å²) in [6.45, 7) is 1.52. The first kappa shape index (κ1) is 17.2. The van der Waals surface area contributed by atoms with Crippen LogP contribution in [-0.2, 0) is 6.42 Å². The highest BCUT2D eigenvalue weighted by atomic mass is 16.3. The van der Waals surface area contributed by atoms with Crippen molar-refractivity contribution in [1.29, 1.82) is 0 Å². The van der Waals surface area contributed by atoms with Crippen LogP contribution in [0.25, 0.3) is 0 Å². The van der Waals surface area contributed by atoms with Gasteiger partial charge in [0, 0.05) is 12.1 Å². The summed E-state index contributed by atoms with van der Waals surface area (Å²) in [5.74, 6) is -0.397. The number of hydrogen-bond donors (Lipinski definition) is 2. The van der Waals surface area contributed by atoms with E-state index in [9.17, 15) is 9.90 Å². The Bertz CT molecular complexity index is 611. The SMILES string of the molecule is CN(CCCc1ccc(C(N)=O)cc1)C[C@H](O)c1ccccc1. The third kappa shape index (κ3) is 5.51. The summed E-state index contributed by atoms with van der Waals surface area (Å²) in [5.41, 5.74) is 7.90. The minimum atomic E-state index is -0.462. The Morgan fingerprint density at radius 3 is 2.39 bits per heavy atom. The molecule has 0 aliphatic carbocycles. The third-order valence-electron chi connectivity index (χ3n) is 3.91. The maximum Gasteiger partial charge on any atom is 0.248 e. The van der Waals surface area contributed by atoms with Gasteiger partial charge in [0.05, 0.1) is 6.10 Å². The molecule has 0 radical (unpaired) electrons. The molecule has 0 fully saturated rings.